The van der Waals surface area contributed by atoms with Crippen molar-refractivity contribution in [2.24, 2.45) is 11.5 Å². The van der Waals surface area contributed by atoms with E-state index in [0.29, 0.717) is 17.9 Å². The monoisotopic (exact) mass is 344 g/mol. The molecule has 4 N–H and O–H groups in total. The summed E-state index contributed by atoms with van der Waals surface area (Å²) in [4.78, 5) is 29.1. The average molecular weight is 344 g/mol. The number of nitrogens with two attached hydrogens (primary N) is 2. The molecule has 2 heterocycles. The maximum atomic E-state index is 11.6. The van der Waals surface area contributed by atoms with E-state index < -0.39 is 12.0 Å². The number of amides is 2. The minimum Gasteiger partial charge on any atom is -0.496 e. The Hall–Kier alpha value is -3.03. The third-order valence-corrected chi connectivity index (χ3v) is 4.29. The van der Waals surface area contributed by atoms with E-state index in [-0.39, 0.29) is 6.10 Å². The summed E-state index contributed by atoms with van der Waals surface area (Å²) in [6.07, 6.45) is 2.25. The fourth-order valence-electron chi connectivity index (χ4n) is 3.19. The number of piperidine rings is 1. The van der Waals surface area contributed by atoms with Crippen molar-refractivity contribution < 1.29 is 19.1 Å². The molecule has 8 nitrogen and oxygen atoms in total. The summed E-state index contributed by atoms with van der Waals surface area (Å²) in [5.74, 6) is 0.589. The lowest BCUT2D eigenvalue weighted by Gasteiger charge is -2.33. The van der Waals surface area contributed by atoms with Gasteiger partial charge < -0.3 is 25.8 Å². The van der Waals surface area contributed by atoms with Gasteiger partial charge in [0.15, 0.2) is 0 Å². The highest BCUT2D eigenvalue weighted by molar-refractivity contribution is 6.03. The largest absolute Gasteiger partial charge is 0.496 e. The van der Waals surface area contributed by atoms with Gasteiger partial charge in [0.1, 0.15) is 17.7 Å². The van der Waals surface area contributed by atoms with E-state index in [4.69, 9.17) is 20.9 Å². The van der Waals surface area contributed by atoms with Crippen molar-refractivity contribution in [3.8, 4) is 5.75 Å². The molecule has 2 aromatic rings. The van der Waals surface area contributed by atoms with Crippen molar-refractivity contribution >= 4 is 28.6 Å². The van der Waals surface area contributed by atoms with Gasteiger partial charge in [0.2, 0.25) is 0 Å². The van der Waals surface area contributed by atoms with Crippen LogP contribution in [0.15, 0.2) is 24.4 Å². The molecule has 0 spiro atoms. The number of aromatic nitrogens is 1. The van der Waals surface area contributed by atoms with Crippen LogP contribution in [0.1, 0.15) is 23.2 Å². The average Bonchev–Trinajstić information content (AvgIpc) is 2.59. The first kappa shape index (κ1) is 16.8. The molecule has 0 radical (unpaired) electrons. The van der Waals surface area contributed by atoms with Crippen molar-refractivity contribution in [2.45, 2.75) is 18.9 Å². The SMILES string of the molecule is COc1cc2c(N3CCC[C@H](OC(N)=O)C3)nccc2cc1C(N)=O. The zero-order valence-corrected chi connectivity index (χ0v) is 13.9. The van der Waals surface area contributed by atoms with E-state index in [2.05, 4.69) is 4.98 Å². The quantitative estimate of drug-likeness (QED) is 0.865. The highest BCUT2D eigenvalue weighted by Gasteiger charge is 2.25. The van der Waals surface area contributed by atoms with Crippen molar-refractivity contribution in [1.82, 2.24) is 4.98 Å². The van der Waals surface area contributed by atoms with E-state index in [1.54, 1.807) is 18.3 Å². The van der Waals surface area contributed by atoms with E-state index in [0.717, 1.165) is 36.0 Å². The minimum absolute atomic E-state index is 0.268. The van der Waals surface area contributed by atoms with Crippen molar-refractivity contribution in [2.75, 3.05) is 25.1 Å². The van der Waals surface area contributed by atoms with Gasteiger partial charge in [0, 0.05) is 18.1 Å². The Labute approximate surface area is 144 Å². The number of methoxy groups -OCH3 is 1. The number of carbonyl (C=O) groups is 2. The normalized spacial score (nSPS) is 17.3. The molecule has 2 amide bonds. The van der Waals surface area contributed by atoms with Gasteiger partial charge in [0.25, 0.3) is 5.91 Å². The number of hydrogen-bond acceptors (Lipinski definition) is 6. The molecule has 132 valence electrons. The molecule has 0 unspecified atom stereocenters. The Morgan fingerprint density at radius 3 is 2.80 bits per heavy atom. The first-order chi connectivity index (χ1) is 12.0. The molecule has 25 heavy (non-hydrogen) atoms. The number of nitrogens with zero attached hydrogens (tertiary/aromatic N) is 2. The van der Waals surface area contributed by atoms with E-state index >= 15 is 0 Å². The molecule has 8 heteroatoms. The molecule has 0 aliphatic carbocycles. The smallest absolute Gasteiger partial charge is 0.404 e. The second-order valence-corrected chi connectivity index (χ2v) is 5.92. The van der Waals surface area contributed by atoms with Crippen molar-refractivity contribution in [3.05, 3.63) is 30.0 Å². The summed E-state index contributed by atoms with van der Waals surface area (Å²) in [5.41, 5.74) is 10.9. The van der Waals surface area contributed by atoms with Gasteiger partial charge in [-0.1, -0.05) is 0 Å². The summed E-state index contributed by atoms with van der Waals surface area (Å²) in [6.45, 7) is 1.29. The summed E-state index contributed by atoms with van der Waals surface area (Å²) in [7, 11) is 1.49. The van der Waals surface area contributed by atoms with Gasteiger partial charge >= 0.3 is 6.09 Å². The molecule has 1 atom stereocenters. The van der Waals surface area contributed by atoms with Crippen LogP contribution in [-0.2, 0) is 4.74 Å². The topological polar surface area (TPSA) is 121 Å². The molecular formula is C17H20N4O4. The Morgan fingerprint density at radius 1 is 1.32 bits per heavy atom. The summed E-state index contributed by atoms with van der Waals surface area (Å²) in [5, 5.41) is 1.67. The van der Waals surface area contributed by atoms with Crippen molar-refractivity contribution in [1.29, 1.82) is 0 Å². The van der Waals surface area contributed by atoms with Gasteiger partial charge in [-0.15, -0.1) is 0 Å². The fraction of sp³-hybridized carbons (Fsp3) is 0.353. The number of hydrogen-bond donors (Lipinski definition) is 2. The minimum atomic E-state index is -0.773. The number of fused-ring (bicyclic) bond motifs is 1. The van der Waals surface area contributed by atoms with Gasteiger partial charge in [-0.3, -0.25) is 4.79 Å². The van der Waals surface area contributed by atoms with Crippen LogP contribution in [0.3, 0.4) is 0 Å². The molecule has 0 saturated carbocycles. The highest BCUT2D eigenvalue weighted by Crippen LogP contribution is 2.32. The molecule has 1 fully saturated rings. The standard InChI is InChI=1S/C17H20N4O4/c1-24-14-8-12-10(7-13(14)15(18)22)4-5-20-16(12)21-6-2-3-11(9-21)25-17(19)23/h4-5,7-8,11H,2-3,6,9H2,1H3,(H2,18,22)(H2,19,23)/t11-/m0/s1. The second-order valence-electron chi connectivity index (χ2n) is 5.92. The summed E-state index contributed by atoms with van der Waals surface area (Å²) >= 11 is 0. The Balaban J connectivity index is 2.01. The number of ether oxygens (including phenoxy) is 2. The first-order valence-electron chi connectivity index (χ1n) is 7.97. The number of pyridine rings is 1. The number of carbonyl (C=O) groups excluding carboxylic acids is 2. The second kappa shape index (κ2) is 6.84. The number of benzene rings is 1. The fourth-order valence-corrected chi connectivity index (χ4v) is 3.19. The summed E-state index contributed by atoms with van der Waals surface area (Å²) < 4.78 is 10.4. The van der Waals surface area contributed by atoms with Crippen LogP contribution in [0.5, 0.6) is 5.75 Å². The van der Waals surface area contributed by atoms with E-state index in [1.807, 2.05) is 11.0 Å². The number of anilines is 1. The van der Waals surface area contributed by atoms with Gasteiger partial charge in [0.05, 0.1) is 19.2 Å². The Kier molecular flexibility index (Phi) is 4.60. The van der Waals surface area contributed by atoms with Gasteiger partial charge in [-0.25, -0.2) is 9.78 Å². The lowest BCUT2D eigenvalue weighted by Crippen LogP contribution is -2.41. The zero-order valence-electron chi connectivity index (χ0n) is 13.9. The Bertz CT molecular complexity index is 824. The first-order valence-corrected chi connectivity index (χ1v) is 7.97. The third-order valence-electron chi connectivity index (χ3n) is 4.29. The van der Waals surface area contributed by atoms with E-state index in [1.165, 1.54) is 7.11 Å². The van der Waals surface area contributed by atoms with Crippen LogP contribution >= 0.6 is 0 Å². The van der Waals surface area contributed by atoms with Crippen LogP contribution in [0.4, 0.5) is 10.6 Å². The molecule has 3 rings (SSSR count). The van der Waals surface area contributed by atoms with E-state index in [9.17, 15) is 9.59 Å². The predicted molar refractivity (Wildman–Crippen MR) is 92.7 cm³/mol. The van der Waals surface area contributed by atoms with Gasteiger partial charge in [-0.2, -0.15) is 0 Å². The molecule has 1 aromatic heterocycles. The molecule has 1 aliphatic rings. The molecule has 1 saturated heterocycles. The van der Waals surface area contributed by atoms with Crippen LogP contribution in [0.2, 0.25) is 0 Å². The summed E-state index contributed by atoms with van der Waals surface area (Å²) in [6, 6.07) is 5.27. The lowest BCUT2D eigenvalue weighted by atomic mass is 10.0. The molecular weight excluding hydrogens is 324 g/mol. The number of rotatable bonds is 4. The molecule has 0 bridgehead atoms. The van der Waals surface area contributed by atoms with Crippen LogP contribution in [0, 0.1) is 0 Å². The van der Waals surface area contributed by atoms with Crippen LogP contribution in [-0.4, -0.2) is 43.3 Å². The van der Waals surface area contributed by atoms with Crippen molar-refractivity contribution in [3.63, 3.8) is 0 Å². The molecule has 1 aliphatic heterocycles. The van der Waals surface area contributed by atoms with Crippen LogP contribution in [0.25, 0.3) is 10.8 Å². The zero-order chi connectivity index (χ0) is 18.0. The van der Waals surface area contributed by atoms with Gasteiger partial charge in [-0.05, 0) is 36.4 Å². The van der Waals surface area contributed by atoms with Crippen LogP contribution < -0.4 is 21.1 Å². The maximum Gasteiger partial charge on any atom is 0.404 e. The predicted octanol–water partition coefficient (Wildman–Crippen LogP) is 1.41. The third kappa shape index (κ3) is 3.42. The highest BCUT2D eigenvalue weighted by atomic mass is 16.6. The maximum absolute atomic E-state index is 11.6. The lowest BCUT2D eigenvalue weighted by molar-refractivity contribution is 0.0963. The Morgan fingerprint density at radius 2 is 2.12 bits per heavy atom. The molecule has 1 aromatic carbocycles. The number of primary amides is 2.